The van der Waals surface area contributed by atoms with Crippen LogP contribution in [0.25, 0.3) is 0 Å². The summed E-state index contributed by atoms with van der Waals surface area (Å²) in [6, 6.07) is 4.50. The molecule has 2 aliphatic heterocycles. The molecule has 1 aromatic heterocycles. The molecule has 0 aromatic carbocycles. The fraction of sp³-hybridized carbons (Fsp3) is 0.286. The molecule has 0 saturated carbocycles. The van der Waals surface area contributed by atoms with E-state index in [2.05, 4.69) is 36.3 Å². The van der Waals surface area contributed by atoms with Crippen LogP contribution in [-0.4, -0.2) is 28.3 Å². The molecule has 1 aromatic rings. The minimum atomic E-state index is 0.543. The Morgan fingerprint density at radius 2 is 2.28 bits per heavy atom. The molecule has 1 saturated heterocycles. The van der Waals surface area contributed by atoms with Crippen molar-refractivity contribution in [3.63, 3.8) is 0 Å². The van der Waals surface area contributed by atoms with Gasteiger partial charge in [0.15, 0.2) is 0 Å². The fourth-order valence-corrected chi connectivity index (χ4v) is 2.86. The maximum Gasteiger partial charge on any atom is 0.0559 e. The molecule has 1 fully saturated rings. The van der Waals surface area contributed by atoms with E-state index in [1.54, 1.807) is 12.4 Å². The second-order valence-corrected chi connectivity index (χ2v) is 4.99. The minimum absolute atomic E-state index is 0.543. The molecule has 3 heterocycles. The molecule has 0 spiro atoms. The number of anilines is 1. The lowest BCUT2D eigenvalue weighted by Gasteiger charge is -2.20. The largest absolute Gasteiger partial charge is 0.364 e. The smallest absolute Gasteiger partial charge is 0.0559 e. The highest BCUT2D eigenvalue weighted by molar-refractivity contribution is 7.18. The SMILES string of the molecule is P=CCN1C2=CCC1/C(=C\Nc1ccncc1)C2. The van der Waals surface area contributed by atoms with Crippen LogP contribution >= 0.6 is 8.86 Å². The van der Waals surface area contributed by atoms with Crippen LogP contribution in [0, 0.1) is 0 Å². The molecule has 92 valence electrons. The van der Waals surface area contributed by atoms with Gasteiger partial charge >= 0.3 is 0 Å². The first-order valence-corrected chi connectivity index (χ1v) is 6.76. The van der Waals surface area contributed by atoms with E-state index in [0.29, 0.717) is 6.04 Å². The highest BCUT2D eigenvalue weighted by atomic mass is 31.0. The highest BCUT2D eigenvalue weighted by Gasteiger charge is 2.35. The Morgan fingerprint density at radius 3 is 3.06 bits per heavy atom. The third-order valence-corrected chi connectivity index (χ3v) is 3.71. The monoisotopic (exact) mass is 257 g/mol. The zero-order valence-electron chi connectivity index (χ0n) is 10.1. The van der Waals surface area contributed by atoms with Gasteiger partial charge in [-0.05, 0) is 29.9 Å². The number of fused-ring (bicyclic) bond motifs is 2. The number of nitrogens with zero attached hydrogens (tertiary/aromatic N) is 2. The van der Waals surface area contributed by atoms with Crippen LogP contribution in [0.4, 0.5) is 5.69 Å². The minimum Gasteiger partial charge on any atom is -0.364 e. The van der Waals surface area contributed by atoms with Crippen LogP contribution < -0.4 is 5.32 Å². The van der Waals surface area contributed by atoms with Gasteiger partial charge in [-0.3, -0.25) is 4.98 Å². The van der Waals surface area contributed by atoms with Gasteiger partial charge in [0.2, 0.25) is 0 Å². The van der Waals surface area contributed by atoms with Gasteiger partial charge in [-0.25, -0.2) is 0 Å². The van der Waals surface area contributed by atoms with Crippen LogP contribution in [0.5, 0.6) is 0 Å². The van der Waals surface area contributed by atoms with Crippen molar-refractivity contribution in [3.05, 3.63) is 48.1 Å². The van der Waals surface area contributed by atoms with Gasteiger partial charge in [-0.15, -0.1) is 8.86 Å². The Balaban J connectivity index is 1.72. The lowest BCUT2D eigenvalue weighted by atomic mass is 10.0. The van der Waals surface area contributed by atoms with Crippen LogP contribution in [-0.2, 0) is 0 Å². The molecule has 0 amide bonds. The lowest BCUT2D eigenvalue weighted by Crippen LogP contribution is -2.26. The van der Waals surface area contributed by atoms with Gasteiger partial charge in [-0.1, -0.05) is 6.08 Å². The molecule has 1 N–H and O–H groups in total. The van der Waals surface area contributed by atoms with Gasteiger partial charge in [0, 0.05) is 42.9 Å². The summed E-state index contributed by atoms with van der Waals surface area (Å²) in [4.78, 5) is 6.46. The quantitative estimate of drug-likeness (QED) is 0.841. The predicted octanol–water partition coefficient (Wildman–Crippen LogP) is 2.68. The molecule has 2 aliphatic rings. The Hall–Kier alpha value is -1.60. The molecule has 0 aliphatic carbocycles. The molecule has 1 unspecified atom stereocenters. The molecule has 2 bridgehead atoms. The average molecular weight is 257 g/mol. The van der Waals surface area contributed by atoms with Crippen LogP contribution in [0.1, 0.15) is 12.8 Å². The van der Waals surface area contributed by atoms with E-state index in [9.17, 15) is 0 Å². The second kappa shape index (κ2) is 4.95. The maximum atomic E-state index is 4.01. The molecule has 3 rings (SSSR count). The Kier molecular flexibility index (Phi) is 3.16. The molecule has 18 heavy (non-hydrogen) atoms. The van der Waals surface area contributed by atoms with Gasteiger partial charge in [0.25, 0.3) is 0 Å². The number of rotatable bonds is 4. The zero-order valence-corrected chi connectivity index (χ0v) is 11.1. The number of allylic oxidation sites excluding steroid dienone is 1. The first-order valence-electron chi connectivity index (χ1n) is 6.18. The zero-order chi connectivity index (χ0) is 12.4. The normalized spacial score (nSPS) is 23.3. The van der Waals surface area contributed by atoms with Crippen molar-refractivity contribution in [2.24, 2.45) is 0 Å². The topological polar surface area (TPSA) is 28.2 Å². The summed E-state index contributed by atoms with van der Waals surface area (Å²) < 4.78 is 0. The summed E-state index contributed by atoms with van der Waals surface area (Å²) in [5.41, 5.74) is 4.02. The Morgan fingerprint density at radius 1 is 1.44 bits per heavy atom. The van der Waals surface area contributed by atoms with E-state index in [1.165, 1.54) is 11.3 Å². The number of pyridine rings is 1. The van der Waals surface area contributed by atoms with Crippen molar-refractivity contribution in [2.45, 2.75) is 18.9 Å². The summed E-state index contributed by atoms with van der Waals surface area (Å²) in [5.74, 6) is 2.03. The summed E-state index contributed by atoms with van der Waals surface area (Å²) >= 11 is 0. The van der Waals surface area contributed by atoms with Crippen molar-refractivity contribution in [2.75, 3.05) is 11.9 Å². The third kappa shape index (κ3) is 2.06. The number of hydrogen-bond acceptors (Lipinski definition) is 3. The maximum absolute atomic E-state index is 4.01. The second-order valence-electron chi connectivity index (χ2n) is 4.58. The van der Waals surface area contributed by atoms with E-state index in [1.807, 2.05) is 17.9 Å². The van der Waals surface area contributed by atoms with E-state index in [0.717, 1.165) is 25.1 Å². The van der Waals surface area contributed by atoms with Crippen molar-refractivity contribution >= 4 is 20.3 Å². The number of nitrogens with one attached hydrogen (secondary N) is 1. The van der Waals surface area contributed by atoms with E-state index in [4.69, 9.17) is 0 Å². The van der Waals surface area contributed by atoms with Gasteiger partial charge < -0.3 is 10.2 Å². The summed E-state index contributed by atoms with van der Waals surface area (Å²) in [6.45, 7) is 0.972. The van der Waals surface area contributed by atoms with Gasteiger partial charge in [0.1, 0.15) is 0 Å². The first kappa shape index (κ1) is 11.5. The summed E-state index contributed by atoms with van der Waals surface area (Å²) in [5, 5.41) is 3.36. The van der Waals surface area contributed by atoms with E-state index >= 15 is 0 Å². The fourth-order valence-electron chi connectivity index (χ4n) is 2.66. The van der Waals surface area contributed by atoms with Crippen LogP contribution in [0.2, 0.25) is 0 Å². The van der Waals surface area contributed by atoms with Crippen molar-refractivity contribution in [1.29, 1.82) is 0 Å². The summed E-state index contributed by atoms with van der Waals surface area (Å²) in [6.07, 6.45) is 10.3. The van der Waals surface area contributed by atoms with Gasteiger partial charge in [-0.2, -0.15) is 0 Å². The standard InChI is InChI=1S/C14H16N3P/c18-8-7-17-13-1-2-14(17)11(9-13)10-16-12-3-5-15-6-4-12/h1,3-6,8,10,14,18H,2,7,9H2,(H,15,16)/b11-10-. The third-order valence-electron chi connectivity index (χ3n) is 3.53. The predicted molar refractivity (Wildman–Crippen MR) is 78.1 cm³/mol. The number of hydrogen-bond donors (Lipinski definition) is 1. The molecule has 3 nitrogen and oxygen atoms in total. The number of aromatic nitrogens is 1. The summed E-state index contributed by atoms with van der Waals surface area (Å²) in [7, 11) is 3.45. The lowest BCUT2D eigenvalue weighted by molar-refractivity contribution is 0.390. The van der Waals surface area contributed by atoms with Crippen molar-refractivity contribution < 1.29 is 0 Å². The van der Waals surface area contributed by atoms with Crippen LogP contribution in [0.15, 0.2) is 48.1 Å². The van der Waals surface area contributed by atoms with Gasteiger partial charge in [0.05, 0.1) is 6.04 Å². The van der Waals surface area contributed by atoms with Crippen molar-refractivity contribution in [1.82, 2.24) is 9.88 Å². The molecular formula is C14H16N3P. The van der Waals surface area contributed by atoms with E-state index < -0.39 is 0 Å². The average Bonchev–Trinajstić information content (AvgIpc) is 2.95. The first-order chi connectivity index (χ1) is 8.88. The highest BCUT2D eigenvalue weighted by Crippen LogP contribution is 2.39. The Labute approximate surface area is 109 Å². The Bertz CT molecular complexity index is 507. The van der Waals surface area contributed by atoms with Crippen molar-refractivity contribution in [3.8, 4) is 0 Å². The molecular weight excluding hydrogens is 241 g/mol. The molecule has 0 radical (unpaired) electrons. The molecule has 4 heteroatoms. The molecule has 1 atom stereocenters. The van der Waals surface area contributed by atoms with E-state index in [-0.39, 0.29) is 0 Å². The van der Waals surface area contributed by atoms with Crippen LogP contribution in [0.3, 0.4) is 0 Å².